The van der Waals surface area contributed by atoms with Gasteiger partial charge in [0, 0.05) is 34.7 Å². The highest BCUT2D eigenvalue weighted by atomic mass is 16.4. The van der Waals surface area contributed by atoms with Gasteiger partial charge in [-0.2, -0.15) is 0 Å². The molecule has 2 aliphatic rings. The predicted octanol–water partition coefficient (Wildman–Crippen LogP) is 7.12. The van der Waals surface area contributed by atoms with Gasteiger partial charge in [0.2, 0.25) is 0 Å². The molecule has 4 aromatic carbocycles. The molecular formula is C38H35N3O6. The van der Waals surface area contributed by atoms with E-state index in [0.29, 0.717) is 46.5 Å². The third kappa shape index (κ3) is 7.04. The molecule has 0 radical (unpaired) electrons. The monoisotopic (exact) mass is 629 g/mol. The van der Waals surface area contributed by atoms with Crippen molar-refractivity contribution in [2.24, 2.45) is 0 Å². The molecule has 9 nitrogen and oxygen atoms in total. The van der Waals surface area contributed by atoms with E-state index in [1.54, 1.807) is 24.3 Å². The highest BCUT2D eigenvalue weighted by molar-refractivity contribution is 6.32. The Morgan fingerprint density at radius 1 is 0.681 bits per heavy atom. The van der Waals surface area contributed by atoms with Gasteiger partial charge in [0.25, 0.3) is 11.8 Å². The maximum Gasteiger partial charge on any atom is 0.326 e. The van der Waals surface area contributed by atoms with E-state index in [1.807, 2.05) is 81.4 Å². The summed E-state index contributed by atoms with van der Waals surface area (Å²) in [5.41, 5.74) is 6.90. The lowest BCUT2D eigenvalue weighted by atomic mass is 9.82. The molecule has 1 heterocycles. The standard InChI is InChI=1S/C28H22N2O2.C10H13NO4/c1-17-7-11-19(12-8-17)29-23-15-16-24(30-20-13-9-18(2)10-14-20)26-25(23)27(31)21-5-3-4-6-22(21)28(26)32;1-2-3-4-7(10(14)15)11-8(12)5-6-9(11)13/h3-16,29-30H,1-2H3;5-7H,2-4H2,1H3,(H,14,15). The Morgan fingerprint density at radius 2 is 1.11 bits per heavy atom. The molecule has 238 valence electrons. The number of hydrogen-bond donors (Lipinski definition) is 3. The Bertz CT molecular complexity index is 1770. The minimum atomic E-state index is -1.13. The highest BCUT2D eigenvalue weighted by Crippen LogP contribution is 2.38. The van der Waals surface area contributed by atoms with Gasteiger partial charge in [-0.1, -0.05) is 79.4 Å². The number of aryl methyl sites for hydroxylation is 2. The number of carboxylic acid groups (broad SMARTS) is 1. The quantitative estimate of drug-likeness (QED) is 0.147. The van der Waals surface area contributed by atoms with Crippen LogP contribution in [-0.2, 0) is 14.4 Å². The maximum absolute atomic E-state index is 13.5. The van der Waals surface area contributed by atoms with Crippen LogP contribution in [0.1, 0.15) is 69.2 Å². The summed E-state index contributed by atoms with van der Waals surface area (Å²) in [4.78, 5) is 61.3. The second-order valence-corrected chi connectivity index (χ2v) is 11.5. The summed E-state index contributed by atoms with van der Waals surface area (Å²) in [6, 6.07) is 25.6. The molecule has 47 heavy (non-hydrogen) atoms. The van der Waals surface area contributed by atoms with Crippen LogP contribution in [0.5, 0.6) is 0 Å². The molecule has 1 aliphatic heterocycles. The number of hydrogen-bond acceptors (Lipinski definition) is 7. The van der Waals surface area contributed by atoms with Crippen molar-refractivity contribution in [2.45, 2.75) is 46.1 Å². The summed E-state index contributed by atoms with van der Waals surface area (Å²) >= 11 is 0. The molecule has 0 saturated heterocycles. The first-order chi connectivity index (χ1) is 22.6. The maximum atomic E-state index is 13.5. The summed E-state index contributed by atoms with van der Waals surface area (Å²) in [5.74, 6) is -2.52. The number of ketones is 2. The Morgan fingerprint density at radius 3 is 1.49 bits per heavy atom. The van der Waals surface area contributed by atoms with Crippen LogP contribution in [0.3, 0.4) is 0 Å². The van der Waals surface area contributed by atoms with E-state index in [2.05, 4.69) is 10.6 Å². The normalized spacial score (nSPS) is 13.8. The summed E-state index contributed by atoms with van der Waals surface area (Å²) < 4.78 is 0. The van der Waals surface area contributed by atoms with E-state index in [4.69, 9.17) is 5.11 Å². The van der Waals surface area contributed by atoms with Gasteiger partial charge in [-0.3, -0.25) is 24.1 Å². The van der Waals surface area contributed by atoms with Crippen molar-refractivity contribution in [3.05, 3.63) is 130 Å². The molecule has 0 bridgehead atoms. The van der Waals surface area contributed by atoms with Gasteiger partial charge >= 0.3 is 5.97 Å². The van der Waals surface area contributed by atoms with Gasteiger partial charge < -0.3 is 15.7 Å². The van der Waals surface area contributed by atoms with E-state index < -0.39 is 23.8 Å². The number of benzene rings is 4. The number of unbranched alkanes of at least 4 members (excludes halogenated alkanes) is 1. The molecule has 9 heteroatoms. The minimum absolute atomic E-state index is 0.155. The Hall–Kier alpha value is -5.83. The molecular weight excluding hydrogens is 594 g/mol. The highest BCUT2D eigenvalue weighted by Gasteiger charge is 2.35. The zero-order valence-corrected chi connectivity index (χ0v) is 26.4. The SMILES string of the molecule is CCCCC(C(=O)O)N1C(=O)C=CC1=O.Cc1ccc(Nc2ccc(Nc3ccc(C)cc3)c3c2C(=O)c2ccccc2C3=O)cc1. The number of carbonyl (C=O) groups excluding carboxylic acids is 4. The molecule has 0 saturated carbocycles. The van der Waals surface area contributed by atoms with Gasteiger partial charge in [0.15, 0.2) is 11.6 Å². The Kier molecular flexibility index (Phi) is 9.75. The second kappa shape index (κ2) is 14.1. The molecule has 1 unspecified atom stereocenters. The predicted molar refractivity (Wildman–Crippen MR) is 181 cm³/mol. The number of carboxylic acids is 1. The number of carbonyl (C=O) groups is 5. The van der Waals surface area contributed by atoms with Crippen LogP contribution < -0.4 is 10.6 Å². The van der Waals surface area contributed by atoms with Crippen molar-refractivity contribution in [3.8, 4) is 0 Å². The van der Waals surface area contributed by atoms with Gasteiger partial charge in [-0.25, -0.2) is 4.79 Å². The van der Waals surface area contributed by atoms with Crippen molar-refractivity contribution in [3.63, 3.8) is 0 Å². The largest absolute Gasteiger partial charge is 0.480 e. The zero-order chi connectivity index (χ0) is 33.7. The molecule has 1 aliphatic carbocycles. The van der Waals surface area contributed by atoms with E-state index in [0.717, 1.165) is 46.0 Å². The first kappa shape index (κ1) is 32.6. The lowest BCUT2D eigenvalue weighted by Crippen LogP contribution is -2.44. The van der Waals surface area contributed by atoms with Crippen LogP contribution >= 0.6 is 0 Å². The lowest BCUT2D eigenvalue weighted by molar-refractivity contribution is -0.153. The molecule has 3 N–H and O–H groups in total. The number of fused-ring (bicyclic) bond motifs is 2. The summed E-state index contributed by atoms with van der Waals surface area (Å²) in [6.45, 7) is 5.97. The van der Waals surface area contributed by atoms with E-state index in [1.165, 1.54) is 0 Å². The number of imide groups is 1. The Balaban J connectivity index is 0.000000244. The van der Waals surface area contributed by atoms with Gasteiger partial charge in [0.05, 0.1) is 22.5 Å². The fraction of sp³-hybridized carbons (Fsp3) is 0.184. The molecule has 6 rings (SSSR count). The van der Waals surface area contributed by atoms with Crippen LogP contribution in [-0.4, -0.2) is 45.4 Å². The van der Waals surface area contributed by atoms with Crippen molar-refractivity contribution >= 4 is 52.1 Å². The summed E-state index contributed by atoms with van der Waals surface area (Å²) in [5, 5.41) is 15.6. The third-order valence-electron chi connectivity index (χ3n) is 8.01. The number of nitrogens with one attached hydrogen (secondary N) is 2. The Labute approximate surface area is 272 Å². The van der Waals surface area contributed by atoms with Crippen LogP contribution in [0.25, 0.3) is 0 Å². The van der Waals surface area contributed by atoms with Gasteiger partial charge in [-0.15, -0.1) is 0 Å². The molecule has 2 amide bonds. The first-order valence-corrected chi connectivity index (χ1v) is 15.4. The van der Waals surface area contributed by atoms with E-state index in [9.17, 15) is 24.0 Å². The molecule has 4 aromatic rings. The van der Waals surface area contributed by atoms with E-state index >= 15 is 0 Å². The van der Waals surface area contributed by atoms with Crippen molar-refractivity contribution < 1.29 is 29.1 Å². The number of aliphatic carboxylic acids is 1. The van der Waals surface area contributed by atoms with Crippen molar-refractivity contribution in [1.29, 1.82) is 0 Å². The lowest BCUT2D eigenvalue weighted by Gasteiger charge is -2.24. The smallest absolute Gasteiger partial charge is 0.326 e. The zero-order valence-electron chi connectivity index (χ0n) is 26.4. The van der Waals surface area contributed by atoms with E-state index in [-0.39, 0.29) is 11.6 Å². The minimum Gasteiger partial charge on any atom is -0.480 e. The molecule has 0 fully saturated rings. The van der Waals surface area contributed by atoms with Crippen molar-refractivity contribution in [2.75, 3.05) is 10.6 Å². The first-order valence-electron chi connectivity index (χ1n) is 15.4. The third-order valence-corrected chi connectivity index (χ3v) is 8.01. The van der Waals surface area contributed by atoms with Crippen molar-refractivity contribution in [1.82, 2.24) is 4.90 Å². The van der Waals surface area contributed by atoms with Gasteiger partial charge in [-0.05, 0) is 56.7 Å². The molecule has 0 spiro atoms. The molecule has 0 aromatic heterocycles. The average molecular weight is 630 g/mol. The number of anilines is 4. The molecule has 1 atom stereocenters. The van der Waals surface area contributed by atoms with Crippen LogP contribution in [0.15, 0.2) is 97.1 Å². The average Bonchev–Trinajstić information content (AvgIpc) is 3.40. The van der Waals surface area contributed by atoms with Gasteiger partial charge in [0.1, 0.15) is 6.04 Å². The summed E-state index contributed by atoms with van der Waals surface area (Å²) in [6.07, 6.45) is 4.01. The van der Waals surface area contributed by atoms with Crippen LogP contribution in [0.2, 0.25) is 0 Å². The summed E-state index contributed by atoms with van der Waals surface area (Å²) in [7, 11) is 0. The van der Waals surface area contributed by atoms with Crippen LogP contribution in [0, 0.1) is 13.8 Å². The number of nitrogens with zero attached hydrogens (tertiary/aromatic N) is 1. The van der Waals surface area contributed by atoms with Crippen LogP contribution in [0.4, 0.5) is 22.7 Å². The topological polar surface area (TPSA) is 133 Å². The number of rotatable bonds is 9. The fourth-order valence-corrected chi connectivity index (χ4v) is 5.50. The fourth-order valence-electron chi connectivity index (χ4n) is 5.50. The second-order valence-electron chi connectivity index (χ2n) is 11.5. The number of amides is 2.